The molecule has 1 atom stereocenters. The Bertz CT molecular complexity index is 950. The van der Waals surface area contributed by atoms with E-state index in [1.807, 2.05) is 62.5 Å². The maximum absolute atomic E-state index is 13.7. The molecule has 32 heavy (non-hydrogen) atoms. The van der Waals surface area contributed by atoms with Crippen molar-refractivity contribution in [2.24, 2.45) is 0 Å². The van der Waals surface area contributed by atoms with E-state index in [9.17, 15) is 9.59 Å². The lowest BCUT2D eigenvalue weighted by molar-refractivity contribution is -0.126. The molecular formula is C27H34N2O2S. The molecule has 1 aliphatic carbocycles. The minimum Gasteiger partial charge on any atom is -0.351 e. The van der Waals surface area contributed by atoms with Crippen LogP contribution in [-0.2, 0) is 16.0 Å². The van der Waals surface area contributed by atoms with E-state index in [1.165, 1.54) is 6.42 Å². The number of nitrogens with one attached hydrogen (secondary N) is 1. The second-order valence-corrected chi connectivity index (χ2v) is 9.79. The molecule has 3 rings (SSSR count). The van der Waals surface area contributed by atoms with Crippen molar-refractivity contribution < 1.29 is 9.59 Å². The average molecular weight is 451 g/mol. The van der Waals surface area contributed by atoms with E-state index in [2.05, 4.69) is 11.9 Å². The average Bonchev–Trinajstić information content (AvgIpc) is 3.28. The third-order valence-electron chi connectivity index (χ3n) is 6.04. The number of rotatable bonds is 8. The van der Waals surface area contributed by atoms with Crippen LogP contribution in [-0.4, -0.2) is 23.9 Å². The Morgan fingerprint density at radius 1 is 1.16 bits per heavy atom. The number of hydrogen-bond acceptors (Lipinski definition) is 3. The predicted octanol–water partition coefficient (Wildman–Crippen LogP) is 5.97. The van der Waals surface area contributed by atoms with Gasteiger partial charge in [0, 0.05) is 16.6 Å². The molecule has 1 saturated carbocycles. The molecule has 1 N–H and O–H groups in total. The highest BCUT2D eigenvalue weighted by Crippen LogP contribution is 2.27. The van der Waals surface area contributed by atoms with E-state index < -0.39 is 6.04 Å². The van der Waals surface area contributed by atoms with Crippen LogP contribution in [0.2, 0.25) is 0 Å². The van der Waals surface area contributed by atoms with Crippen molar-refractivity contribution in [2.45, 2.75) is 71.4 Å². The zero-order chi connectivity index (χ0) is 23.1. The third-order valence-corrected chi connectivity index (χ3v) is 6.91. The summed E-state index contributed by atoms with van der Waals surface area (Å²) in [5.41, 5.74) is 3.58. The van der Waals surface area contributed by atoms with Gasteiger partial charge in [-0.25, -0.2) is 0 Å². The Morgan fingerprint density at radius 2 is 1.84 bits per heavy atom. The first-order chi connectivity index (χ1) is 15.4. The molecule has 5 heteroatoms. The number of carbonyl (C=O) groups is 2. The molecule has 1 aliphatic rings. The van der Waals surface area contributed by atoms with Crippen LogP contribution in [0.1, 0.15) is 56.4 Å². The fourth-order valence-corrected chi connectivity index (χ4v) is 5.00. The molecule has 1 unspecified atom stereocenters. The molecule has 1 aromatic heterocycles. The number of hydrogen-bond donors (Lipinski definition) is 1. The van der Waals surface area contributed by atoms with Crippen LogP contribution in [0.15, 0.2) is 65.6 Å². The number of thiophene rings is 1. The van der Waals surface area contributed by atoms with Crippen LogP contribution in [0.5, 0.6) is 0 Å². The quantitative estimate of drug-likeness (QED) is 0.504. The van der Waals surface area contributed by atoms with E-state index in [4.69, 9.17) is 0 Å². The van der Waals surface area contributed by atoms with Crippen molar-refractivity contribution in [1.82, 2.24) is 5.32 Å². The molecule has 0 radical (unpaired) electrons. The number of nitrogens with zero attached hydrogens (tertiary/aromatic N) is 1. The summed E-state index contributed by atoms with van der Waals surface area (Å²) >= 11 is 1.56. The number of aryl methyl sites for hydroxylation is 1. The second kappa shape index (κ2) is 11.3. The van der Waals surface area contributed by atoms with Crippen molar-refractivity contribution in [1.29, 1.82) is 0 Å². The van der Waals surface area contributed by atoms with Gasteiger partial charge in [0.2, 0.25) is 11.8 Å². The highest BCUT2D eigenvalue weighted by atomic mass is 32.1. The van der Waals surface area contributed by atoms with Crippen LogP contribution in [0.3, 0.4) is 0 Å². The van der Waals surface area contributed by atoms with Gasteiger partial charge in [-0.05, 0) is 62.8 Å². The van der Waals surface area contributed by atoms with E-state index in [1.54, 1.807) is 22.3 Å². The van der Waals surface area contributed by atoms with Gasteiger partial charge in [0.1, 0.15) is 6.04 Å². The first kappa shape index (κ1) is 24.0. The van der Waals surface area contributed by atoms with Gasteiger partial charge in [0.25, 0.3) is 0 Å². The number of anilines is 1. The van der Waals surface area contributed by atoms with Gasteiger partial charge in [0.15, 0.2) is 0 Å². The Labute approximate surface area is 196 Å². The molecule has 1 aromatic carbocycles. The van der Waals surface area contributed by atoms with Crippen LogP contribution in [0.4, 0.5) is 5.69 Å². The zero-order valence-corrected chi connectivity index (χ0v) is 20.2. The van der Waals surface area contributed by atoms with E-state index >= 15 is 0 Å². The molecule has 2 amide bonds. The van der Waals surface area contributed by atoms with Crippen molar-refractivity contribution >= 4 is 28.8 Å². The van der Waals surface area contributed by atoms with Crippen LogP contribution >= 0.6 is 11.3 Å². The lowest BCUT2D eigenvalue weighted by Crippen LogP contribution is -2.53. The summed E-state index contributed by atoms with van der Waals surface area (Å²) in [4.78, 5) is 30.0. The van der Waals surface area contributed by atoms with E-state index in [-0.39, 0.29) is 24.3 Å². The second-order valence-electron chi connectivity index (χ2n) is 8.76. The highest BCUT2D eigenvalue weighted by Gasteiger charge is 2.35. The van der Waals surface area contributed by atoms with Gasteiger partial charge in [-0.1, -0.05) is 61.3 Å². The lowest BCUT2D eigenvalue weighted by atomic mass is 9.93. The third kappa shape index (κ3) is 5.98. The molecule has 2 aromatic rings. The largest absolute Gasteiger partial charge is 0.351 e. The summed E-state index contributed by atoms with van der Waals surface area (Å²) in [6.45, 7) is 9.93. The Kier molecular flexibility index (Phi) is 8.46. The summed E-state index contributed by atoms with van der Waals surface area (Å²) in [5, 5.41) is 5.22. The SMILES string of the molecule is C=CC(=C(C)C)C(C(=O)NC1CCCCC1)N(C(=O)Cc1cccs1)c1ccc(C)cc1. The molecule has 0 spiro atoms. The molecule has 1 fully saturated rings. The van der Waals surface area contributed by atoms with Crippen molar-refractivity contribution in [3.63, 3.8) is 0 Å². The van der Waals surface area contributed by atoms with Crippen molar-refractivity contribution in [2.75, 3.05) is 4.90 Å². The monoisotopic (exact) mass is 450 g/mol. The Hall–Kier alpha value is -2.66. The molecule has 170 valence electrons. The van der Waals surface area contributed by atoms with Crippen LogP contribution in [0.25, 0.3) is 0 Å². The minimum atomic E-state index is -0.755. The van der Waals surface area contributed by atoms with Crippen LogP contribution in [0, 0.1) is 6.92 Å². The van der Waals surface area contributed by atoms with Gasteiger partial charge in [-0.15, -0.1) is 11.3 Å². The molecular weight excluding hydrogens is 416 g/mol. The van der Waals surface area contributed by atoms with Gasteiger partial charge in [-0.2, -0.15) is 0 Å². The van der Waals surface area contributed by atoms with Gasteiger partial charge in [-0.3, -0.25) is 14.5 Å². The van der Waals surface area contributed by atoms with Crippen LogP contribution < -0.4 is 10.2 Å². The zero-order valence-electron chi connectivity index (χ0n) is 19.4. The van der Waals surface area contributed by atoms with Crippen molar-refractivity contribution in [3.05, 3.63) is 76.0 Å². The summed E-state index contributed by atoms with van der Waals surface area (Å²) in [5.74, 6) is -0.228. The molecule has 0 bridgehead atoms. The van der Waals surface area contributed by atoms with E-state index in [0.29, 0.717) is 0 Å². The standard InChI is InChI=1S/C27H34N2O2S/c1-5-24(19(2)3)26(27(31)28-21-10-7-6-8-11-21)29(22-15-13-20(4)14-16-22)25(30)18-23-12-9-17-32-23/h5,9,12-17,21,26H,1,6-8,10-11,18H2,2-4H3,(H,28,31). The number of allylic oxidation sites excluding steroid dienone is 1. The smallest absolute Gasteiger partial charge is 0.248 e. The maximum atomic E-state index is 13.7. The lowest BCUT2D eigenvalue weighted by Gasteiger charge is -2.34. The number of carbonyl (C=O) groups excluding carboxylic acids is 2. The number of amides is 2. The maximum Gasteiger partial charge on any atom is 0.248 e. The highest BCUT2D eigenvalue weighted by molar-refractivity contribution is 7.10. The van der Waals surface area contributed by atoms with Crippen molar-refractivity contribution in [3.8, 4) is 0 Å². The molecule has 1 heterocycles. The molecule has 4 nitrogen and oxygen atoms in total. The summed E-state index contributed by atoms with van der Waals surface area (Å²) < 4.78 is 0. The molecule has 0 saturated heterocycles. The minimum absolute atomic E-state index is 0.0966. The normalized spacial score (nSPS) is 15.0. The van der Waals surface area contributed by atoms with Gasteiger partial charge >= 0.3 is 0 Å². The summed E-state index contributed by atoms with van der Waals surface area (Å²) in [7, 11) is 0. The predicted molar refractivity (Wildman–Crippen MR) is 134 cm³/mol. The fourth-order valence-electron chi connectivity index (χ4n) is 4.30. The summed E-state index contributed by atoms with van der Waals surface area (Å²) in [6, 6.07) is 11.1. The fraction of sp³-hybridized carbons (Fsp3) is 0.407. The summed E-state index contributed by atoms with van der Waals surface area (Å²) in [6.07, 6.45) is 7.44. The topological polar surface area (TPSA) is 49.4 Å². The molecule has 0 aliphatic heterocycles. The first-order valence-electron chi connectivity index (χ1n) is 11.4. The number of benzene rings is 1. The first-order valence-corrected chi connectivity index (χ1v) is 12.3. The Morgan fingerprint density at radius 3 is 2.41 bits per heavy atom. The van der Waals surface area contributed by atoms with Gasteiger partial charge < -0.3 is 5.32 Å². The van der Waals surface area contributed by atoms with E-state index in [0.717, 1.165) is 53.0 Å². The van der Waals surface area contributed by atoms with Gasteiger partial charge in [0.05, 0.1) is 6.42 Å². The Balaban J connectivity index is 2.03.